The first-order valence-electron chi connectivity index (χ1n) is 21.4. The van der Waals surface area contributed by atoms with E-state index in [4.69, 9.17) is 28.4 Å². The minimum absolute atomic E-state index is 0.0316. The van der Waals surface area contributed by atoms with Crippen molar-refractivity contribution in [3.63, 3.8) is 0 Å². The monoisotopic (exact) mass is 856 g/mol. The van der Waals surface area contributed by atoms with Crippen LogP contribution >= 0.6 is 0 Å². The summed E-state index contributed by atoms with van der Waals surface area (Å²) in [4.78, 5) is 71.6. The van der Waals surface area contributed by atoms with Crippen LogP contribution in [-0.2, 0) is 18.9 Å². The summed E-state index contributed by atoms with van der Waals surface area (Å²) in [5, 5.41) is 11.7. The van der Waals surface area contributed by atoms with Crippen molar-refractivity contribution >= 4 is 29.7 Å². The van der Waals surface area contributed by atoms with Gasteiger partial charge >= 0.3 is 6.09 Å². The number of nitrogens with one attached hydrogen (secondary N) is 4. The number of carbonyl (C=O) groups is 5. The first-order valence-corrected chi connectivity index (χ1v) is 21.4. The number of hydrogen-bond donors (Lipinski definition) is 4. The molecule has 340 valence electrons. The number of carbonyl (C=O) groups excluding carboxylic acids is 5. The first kappa shape index (κ1) is 50.4. The second kappa shape index (κ2) is 27.8. The third-order valence-corrected chi connectivity index (χ3v) is 9.27. The molecule has 5 amide bonds. The number of unbranched alkanes of at least 4 members (excludes halogenated alkanes) is 2. The van der Waals surface area contributed by atoms with E-state index < -0.39 is 35.3 Å². The Morgan fingerprint density at radius 2 is 0.984 bits per heavy atom. The number of amides is 5. The Morgan fingerprint density at radius 3 is 1.38 bits per heavy atom. The Hall–Kier alpha value is -4.97. The molecule has 4 bridgehead atoms. The fourth-order valence-electron chi connectivity index (χ4n) is 6.00. The molecule has 0 atom stereocenters. The Bertz CT molecular complexity index is 1590. The van der Waals surface area contributed by atoms with Gasteiger partial charge in [-0.15, -0.1) is 0 Å². The molecule has 17 nitrogen and oxygen atoms in total. The predicted molar refractivity (Wildman–Crippen MR) is 231 cm³/mol. The highest BCUT2D eigenvalue weighted by Gasteiger charge is 2.26. The summed E-state index contributed by atoms with van der Waals surface area (Å²) in [6.45, 7) is 14.0. The van der Waals surface area contributed by atoms with Crippen LogP contribution in [0.5, 0.6) is 11.5 Å². The van der Waals surface area contributed by atoms with Crippen molar-refractivity contribution < 1.29 is 52.4 Å². The van der Waals surface area contributed by atoms with E-state index in [2.05, 4.69) is 26.2 Å². The number of fused-ring (bicyclic) bond motifs is 4. The normalized spacial score (nSPS) is 15.5. The number of nitrogens with zero attached hydrogens (tertiary/aromatic N) is 2. The largest absolute Gasteiger partial charge is 0.492 e. The van der Waals surface area contributed by atoms with Crippen LogP contribution in [0.1, 0.15) is 102 Å². The molecule has 2 aromatic carbocycles. The lowest BCUT2D eigenvalue weighted by molar-refractivity contribution is 0.0196. The zero-order chi connectivity index (χ0) is 44.5. The van der Waals surface area contributed by atoms with Crippen molar-refractivity contribution in [1.82, 2.24) is 31.1 Å². The first-order chi connectivity index (χ1) is 29.4. The molecule has 4 N–H and O–H groups in total. The zero-order valence-corrected chi connectivity index (χ0v) is 37.0. The molecule has 0 aliphatic carbocycles. The molecule has 0 radical (unpaired) electrons. The molecule has 61 heavy (non-hydrogen) atoms. The zero-order valence-electron chi connectivity index (χ0n) is 37.0. The highest BCUT2D eigenvalue weighted by molar-refractivity contribution is 6.05. The van der Waals surface area contributed by atoms with Gasteiger partial charge in [0.25, 0.3) is 23.6 Å². The average molecular weight is 857 g/mol. The van der Waals surface area contributed by atoms with Crippen LogP contribution in [0.2, 0.25) is 0 Å². The van der Waals surface area contributed by atoms with Crippen LogP contribution < -0.4 is 30.7 Å². The Labute approximate surface area is 360 Å². The summed E-state index contributed by atoms with van der Waals surface area (Å²) < 4.78 is 34.1. The molecular weight excluding hydrogens is 789 g/mol. The maximum atomic E-state index is 13.7. The average Bonchev–Trinajstić information content (AvgIpc) is 3.22. The van der Waals surface area contributed by atoms with Crippen molar-refractivity contribution in [3.05, 3.63) is 58.7 Å². The van der Waals surface area contributed by atoms with E-state index in [9.17, 15) is 24.0 Å². The molecule has 0 aromatic heterocycles. The number of ether oxygens (including phenoxy) is 6. The van der Waals surface area contributed by atoms with Crippen LogP contribution in [0, 0.1) is 0 Å². The lowest BCUT2D eigenvalue weighted by Gasteiger charge is -2.27. The maximum Gasteiger partial charge on any atom is 0.410 e. The van der Waals surface area contributed by atoms with Crippen molar-refractivity contribution in [2.75, 3.05) is 112 Å². The molecule has 0 saturated carbocycles. The number of rotatable bonds is 17. The van der Waals surface area contributed by atoms with Crippen LogP contribution in [0.4, 0.5) is 4.79 Å². The van der Waals surface area contributed by atoms with Crippen molar-refractivity contribution in [3.8, 4) is 11.5 Å². The van der Waals surface area contributed by atoms with E-state index in [1.54, 1.807) is 64.3 Å². The molecule has 1 aliphatic rings. The number of para-hydroxylation sites is 2. The summed E-state index contributed by atoms with van der Waals surface area (Å²) in [5.41, 5.74) is -0.0338. The molecule has 0 spiro atoms. The third kappa shape index (κ3) is 18.3. The smallest absolute Gasteiger partial charge is 0.410 e. The van der Waals surface area contributed by atoms with E-state index in [-0.39, 0.29) is 73.0 Å². The molecule has 0 unspecified atom stereocenters. The van der Waals surface area contributed by atoms with Crippen LogP contribution in [0.15, 0.2) is 36.4 Å². The second-order valence-corrected chi connectivity index (χ2v) is 15.3. The highest BCUT2D eigenvalue weighted by atomic mass is 16.6. The number of methoxy groups -OCH3 is 1. The molecule has 3 rings (SSSR count). The van der Waals surface area contributed by atoms with Crippen molar-refractivity contribution in [2.24, 2.45) is 0 Å². The Morgan fingerprint density at radius 1 is 0.590 bits per heavy atom. The standard InChI is InChI=1S/C44H68N6O11/c1-7-9-26-59-37-33-13-11-15-35(37)41(53)47-19-23-50(43(55)61-44(3,4)5)24-20-48-42(54)36-16-12-14-34(38(36)60-27-10-8-2)40(52)46-18-22-49(21-17-45-39(33)51)25-28-57-31-32-58-30-29-56-6/h11-16H,7-10,17-32H2,1-6H3,(H,45,51)(H,46,52)(H,47,53)(H,48,54). The third-order valence-electron chi connectivity index (χ3n) is 9.27. The molecule has 17 heteroatoms. The van der Waals surface area contributed by atoms with Gasteiger partial charge < -0.3 is 54.6 Å². The van der Waals surface area contributed by atoms with Gasteiger partial charge in [-0.3, -0.25) is 24.1 Å². The lowest BCUT2D eigenvalue weighted by Crippen LogP contribution is -2.45. The van der Waals surface area contributed by atoms with Gasteiger partial charge in [0, 0.05) is 66.0 Å². The summed E-state index contributed by atoms with van der Waals surface area (Å²) in [5.74, 6) is -1.48. The van der Waals surface area contributed by atoms with Gasteiger partial charge in [0.05, 0.1) is 68.5 Å². The molecule has 1 heterocycles. The van der Waals surface area contributed by atoms with Gasteiger partial charge in [-0.05, 0) is 57.9 Å². The topological polar surface area (TPSA) is 195 Å². The SMILES string of the molecule is CCCCOc1c2cccc1C(=O)NCCN(C(=O)OC(C)(C)C)CCNC(=O)c1cccc(c1OCCCC)C(=O)NCCN(CCOCCOCCOC)CCNC2=O. The van der Waals surface area contributed by atoms with E-state index in [0.717, 1.165) is 12.8 Å². The van der Waals surface area contributed by atoms with E-state index >= 15 is 0 Å². The fraction of sp³-hybridized carbons (Fsp3) is 0.614. The molecule has 0 fully saturated rings. The second-order valence-electron chi connectivity index (χ2n) is 15.3. The Kier molecular flexibility index (Phi) is 23.0. The van der Waals surface area contributed by atoms with Crippen LogP contribution in [0.3, 0.4) is 0 Å². The fourth-order valence-corrected chi connectivity index (χ4v) is 6.00. The number of hydrogen-bond acceptors (Lipinski definition) is 12. The highest BCUT2D eigenvalue weighted by Crippen LogP contribution is 2.26. The van der Waals surface area contributed by atoms with Crippen LogP contribution in [0.25, 0.3) is 0 Å². The van der Waals surface area contributed by atoms with E-state index in [1.165, 1.54) is 4.90 Å². The van der Waals surface area contributed by atoms with Gasteiger partial charge in [0.2, 0.25) is 0 Å². The molecular formula is C44H68N6O11. The van der Waals surface area contributed by atoms with Crippen LogP contribution in [-0.4, -0.2) is 157 Å². The lowest BCUT2D eigenvalue weighted by atomic mass is 10.1. The van der Waals surface area contributed by atoms with Gasteiger partial charge in [0.15, 0.2) is 0 Å². The minimum Gasteiger partial charge on any atom is -0.492 e. The summed E-state index contributed by atoms with van der Waals surface area (Å²) in [6, 6.07) is 9.65. The van der Waals surface area contributed by atoms with Gasteiger partial charge in [-0.2, -0.15) is 0 Å². The summed E-state index contributed by atoms with van der Waals surface area (Å²) in [7, 11) is 1.61. The quantitative estimate of drug-likeness (QED) is 0.168. The minimum atomic E-state index is -0.799. The van der Waals surface area contributed by atoms with Gasteiger partial charge in [-0.1, -0.05) is 38.8 Å². The molecule has 0 saturated heterocycles. The van der Waals surface area contributed by atoms with Gasteiger partial charge in [0.1, 0.15) is 17.1 Å². The maximum absolute atomic E-state index is 13.7. The molecule has 2 aromatic rings. The van der Waals surface area contributed by atoms with E-state index in [1.807, 2.05) is 13.8 Å². The predicted octanol–water partition coefficient (Wildman–Crippen LogP) is 3.90. The molecule has 1 aliphatic heterocycles. The van der Waals surface area contributed by atoms with Gasteiger partial charge in [-0.25, -0.2) is 4.79 Å². The Balaban J connectivity index is 1.93. The van der Waals surface area contributed by atoms with Crippen molar-refractivity contribution in [2.45, 2.75) is 65.9 Å². The number of benzene rings is 2. The van der Waals surface area contributed by atoms with Crippen molar-refractivity contribution in [1.29, 1.82) is 0 Å². The summed E-state index contributed by atoms with van der Waals surface area (Å²) in [6.07, 6.45) is 2.48. The van der Waals surface area contributed by atoms with E-state index in [0.29, 0.717) is 78.7 Å². The summed E-state index contributed by atoms with van der Waals surface area (Å²) >= 11 is 0.